The van der Waals surface area contributed by atoms with Gasteiger partial charge in [0.2, 0.25) is 0 Å². The Hall–Kier alpha value is -3.41. The van der Waals surface area contributed by atoms with E-state index in [4.69, 9.17) is 0 Å². The number of hydrogen-bond acceptors (Lipinski definition) is 3. The van der Waals surface area contributed by atoms with Gasteiger partial charge in [-0.1, -0.05) is 18.2 Å². The van der Waals surface area contributed by atoms with E-state index in [1.165, 1.54) is 0 Å². The highest BCUT2D eigenvalue weighted by Crippen LogP contribution is 2.09. The van der Waals surface area contributed by atoms with Crippen molar-refractivity contribution in [3.63, 3.8) is 0 Å². The van der Waals surface area contributed by atoms with Crippen LogP contribution in [0.2, 0.25) is 0 Å². The average Bonchev–Trinajstić information content (AvgIpc) is 3.30. The molecule has 26 heavy (non-hydrogen) atoms. The monoisotopic (exact) mass is 345 g/mol. The van der Waals surface area contributed by atoms with Crippen LogP contribution in [0.3, 0.4) is 0 Å². The van der Waals surface area contributed by atoms with Gasteiger partial charge in [0.25, 0.3) is 5.91 Å². The van der Waals surface area contributed by atoms with E-state index >= 15 is 0 Å². The molecule has 1 N–H and O–H groups in total. The minimum atomic E-state index is -0.107. The molecule has 0 aliphatic carbocycles. The quantitative estimate of drug-likeness (QED) is 0.605. The van der Waals surface area contributed by atoms with E-state index in [9.17, 15) is 4.79 Å². The molecule has 0 unspecified atom stereocenters. The van der Waals surface area contributed by atoms with Crippen LogP contribution in [0.1, 0.15) is 27.3 Å². The number of aryl methyl sites for hydroxylation is 1. The summed E-state index contributed by atoms with van der Waals surface area (Å²) in [5, 5.41) is 7.11. The molecule has 130 valence electrons. The third kappa shape index (κ3) is 3.35. The zero-order valence-electron chi connectivity index (χ0n) is 14.5. The number of carbonyl (C=O) groups is 1. The number of rotatable bonds is 5. The number of pyridine rings is 1. The van der Waals surface area contributed by atoms with Gasteiger partial charge < -0.3 is 9.72 Å². The molecule has 0 saturated heterocycles. The number of benzene rings is 1. The molecule has 0 atom stereocenters. The topological polar surface area (TPSA) is 64.2 Å². The highest BCUT2D eigenvalue weighted by atomic mass is 16.1. The van der Waals surface area contributed by atoms with Gasteiger partial charge in [-0.15, -0.1) is 0 Å². The number of amides is 1. The first-order valence-electron chi connectivity index (χ1n) is 8.47. The minimum absolute atomic E-state index is 0.107. The molecule has 1 aromatic carbocycles. The Morgan fingerprint density at radius 3 is 2.69 bits per heavy atom. The van der Waals surface area contributed by atoms with Crippen LogP contribution in [-0.2, 0) is 13.1 Å². The van der Waals surface area contributed by atoms with Crippen molar-refractivity contribution >= 4 is 11.6 Å². The normalized spacial score (nSPS) is 11.0. The minimum Gasteiger partial charge on any atom is -0.346 e. The summed E-state index contributed by atoms with van der Waals surface area (Å²) in [6, 6.07) is 15.4. The molecule has 0 fully saturated rings. The first-order valence-corrected chi connectivity index (χ1v) is 8.47. The fraction of sp³-hybridized carbons (Fsp3) is 0.150. The molecule has 4 rings (SSSR count). The average molecular weight is 345 g/mol. The van der Waals surface area contributed by atoms with Crippen LogP contribution in [0.4, 0.5) is 0 Å². The first kappa shape index (κ1) is 16.1. The van der Waals surface area contributed by atoms with E-state index in [-0.39, 0.29) is 5.91 Å². The molecule has 1 amide bonds. The number of imidazole rings is 1. The Balaban J connectivity index is 1.40. The van der Waals surface area contributed by atoms with Crippen molar-refractivity contribution in [1.82, 2.24) is 24.5 Å². The SMILES string of the molecule is Cc1cccc2nc(CNC(=O)c3ccc(Cn4cccn4)cc3)cn12. The molecule has 6 heteroatoms. The van der Waals surface area contributed by atoms with E-state index in [2.05, 4.69) is 15.4 Å². The molecule has 4 aromatic rings. The third-order valence-electron chi connectivity index (χ3n) is 4.30. The maximum Gasteiger partial charge on any atom is 0.251 e. The summed E-state index contributed by atoms with van der Waals surface area (Å²) < 4.78 is 3.87. The van der Waals surface area contributed by atoms with Gasteiger partial charge in [-0.2, -0.15) is 5.10 Å². The molecule has 0 bridgehead atoms. The highest BCUT2D eigenvalue weighted by molar-refractivity contribution is 5.94. The predicted octanol–water partition coefficient (Wildman–Crippen LogP) is 2.82. The molecule has 3 aromatic heterocycles. The number of nitrogens with one attached hydrogen (secondary N) is 1. The van der Waals surface area contributed by atoms with Crippen molar-refractivity contribution in [2.75, 3.05) is 0 Å². The molecule has 3 heterocycles. The molecule has 0 saturated carbocycles. The number of hydrogen-bond donors (Lipinski definition) is 1. The lowest BCUT2D eigenvalue weighted by Crippen LogP contribution is -2.22. The van der Waals surface area contributed by atoms with Gasteiger partial charge >= 0.3 is 0 Å². The van der Waals surface area contributed by atoms with E-state index in [1.54, 1.807) is 6.20 Å². The van der Waals surface area contributed by atoms with E-state index < -0.39 is 0 Å². The molecular formula is C20H19N5O. The van der Waals surface area contributed by atoms with Crippen molar-refractivity contribution in [3.05, 3.63) is 89.6 Å². The molecule has 0 radical (unpaired) electrons. The Labute approximate surface area is 151 Å². The molecular weight excluding hydrogens is 326 g/mol. The lowest BCUT2D eigenvalue weighted by atomic mass is 10.1. The first-order chi connectivity index (χ1) is 12.7. The lowest BCUT2D eigenvalue weighted by molar-refractivity contribution is 0.0950. The van der Waals surface area contributed by atoms with E-state index in [0.29, 0.717) is 18.7 Å². The number of aromatic nitrogens is 4. The summed E-state index contributed by atoms with van der Waals surface area (Å²) in [7, 11) is 0. The smallest absolute Gasteiger partial charge is 0.251 e. The van der Waals surface area contributed by atoms with Gasteiger partial charge in [-0.25, -0.2) is 4.98 Å². The second kappa shape index (κ2) is 6.84. The Kier molecular flexibility index (Phi) is 4.23. The number of carbonyl (C=O) groups excluding carboxylic acids is 1. The standard InChI is InChI=1S/C20H19N5O/c1-15-4-2-5-19-23-18(14-25(15)19)12-21-20(26)17-8-6-16(7-9-17)13-24-11-3-10-22-24/h2-11,14H,12-13H2,1H3,(H,21,26). The van der Waals surface area contributed by atoms with Gasteiger partial charge in [0, 0.05) is 29.8 Å². The molecule has 0 aliphatic heterocycles. The van der Waals surface area contributed by atoms with Gasteiger partial charge in [-0.05, 0) is 42.8 Å². The summed E-state index contributed by atoms with van der Waals surface area (Å²) in [6.07, 6.45) is 5.62. The largest absolute Gasteiger partial charge is 0.346 e. The highest BCUT2D eigenvalue weighted by Gasteiger charge is 2.08. The van der Waals surface area contributed by atoms with Gasteiger partial charge in [0.05, 0.1) is 18.8 Å². The Morgan fingerprint density at radius 2 is 1.96 bits per heavy atom. The van der Waals surface area contributed by atoms with E-state index in [1.807, 2.05) is 76.9 Å². The second-order valence-electron chi connectivity index (χ2n) is 6.21. The fourth-order valence-corrected chi connectivity index (χ4v) is 2.90. The van der Waals surface area contributed by atoms with Crippen molar-refractivity contribution in [2.45, 2.75) is 20.0 Å². The van der Waals surface area contributed by atoms with Crippen LogP contribution >= 0.6 is 0 Å². The van der Waals surface area contributed by atoms with Gasteiger partial charge in [0.15, 0.2) is 0 Å². The van der Waals surface area contributed by atoms with Crippen molar-refractivity contribution < 1.29 is 4.79 Å². The fourth-order valence-electron chi connectivity index (χ4n) is 2.90. The predicted molar refractivity (Wildman–Crippen MR) is 98.9 cm³/mol. The number of nitrogens with zero attached hydrogens (tertiary/aromatic N) is 4. The molecule has 6 nitrogen and oxygen atoms in total. The van der Waals surface area contributed by atoms with Crippen molar-refractivity contribution in [2.24, 2.45) is 0 Å². The maximum atomic E-state index is 12.4. The summed E-state index contributed by atoms with van der Waals surface area (Å²) >= 11 is 0. The Morgan fingerprint density at radius 1 is 1.12 bits per heavy atom. The Bertz CT molecular complexity index is 1030. The number of fused-ring (bicyclic) bond motifs is 1. The van der Waals surface area contributed by atoms with Crippen LogP contribution in [-0.4, -0.2) is 25.1 Å². The van der Waals surface area contributed by atoms with Crippen LogP contribution in [0, 0.1) is 6.92 Å². The maximum absolute atomic E-state index is 12.4. The zero-order chi connectivity index (χ0) is 17.9. The third-order valence-corrected chi connectivity index (χ3v) is 4.30. The van der Waals surface area contributed by atoms with Crippen LogP contribution in [0.15, 0.2) is 67.1 Å². The van der Waals surface area contributed by atoms with Crippen LogP contribution in [0.5, 0.6) is 0 Å². The second-order valence-corrected chi connectivity index (χ2v) is 6.21. The summed E-state index contributed by atoms with van der Waals surface area (Å²) in [5.74, 6) is -0.107. The van der Waals surface area contributed by atoms with Gasteiger partial charge in [0.1, 0.15) is 5.65 Å². The van der Waals surface area contributed by atoms with Crippen molar-refractivity contribution in [1.29, 1.82) is 0 Å². The molecule has 0 aliphatic rings. The van der Waals surface area contributed by atoms with Gasteiger partial charge in [-0.3, -0.25) is 9.48 Å². The molecule has 0 spiro atoms. The summed E-state index contributed by atoms with van der Waals surface area (Å²) in [6.45, 7) is 3.12. The summed E-state index contributed by atoms with van der Waals surface area (Å²) in [5.41, 5.74) is 4.57. The van der Waals surface area contributed by atoms with Crippen LogP contribution in [0.25, 0.3) is 5.65 Å². The van der Waals surface area contributed by atoms with Crippen molar-refractivity contribution in [3.8, 4) is 0 Å². The summed E-state index contributed by atoms with van der Waals surface area (Å²) in [4.78, 5) is 16.9. The zero-order valence-corrected chi connectivity index (χ0v) is 14.5. The van der Waals surface area contributed by atoms with Crippen LogP contribution < -0.4 is 5.32 Å². The lowest BCUT2D eigenvalue weighted by Gasteiger charge is -2.05. The van der Waals surface area contributed by atoms with E-state index in [0.717, 1.165) is 22.6 Å².